The summed E-state index contributed by atoms with van der Waals surface area (Å²) >= 11 is 39.7. The molecule has 20 heteroatoms. The van der Waals surface area contributed by atoms with Crippen molar-refractivity contribution >= 4 is 238 Å². The van der Waals surface area contributed by atoms with Crippen molar-refractivity contribution in [1.82, 2.24) is 49.8 Å². The summed E-state index contributed by atoms with van der Waals surface area (Å²) in [5.41, 5.74) is 19.2. The molecule has 0 amide bonds. The molecule has 572 valence electrons. The molecule has 10 nitrogen and oxygen atoms in total. The number of thiophene rings is 5. The van der Waals surface area contributed by atoms with Crippen molar-refractivity contribution in [3.63, 3.8) is 0 Å². The lowest BCUT2D eigenvalue weighted by Crippen LogP contribution is -1.90. The Bertz CT molecular complexity index is 8010. The van der Waals surface area contributed by atoms with Gasteiger partial charge in [-0.1, -0.05) is 303 Å². The summed E-state index contributed by atoms with van der Waals surface area (Å²) in [5.74, 6) is 0. The van der Waals surface area contributed by atoms with Gasteiger partial charge in [-0.3, -0.25) is 0 Å². The highest BCUT2D eigenvalue weighted by molar-refractivity contribution is 7.28. The summed E-state index contributed by atoms with van der Waals surface area (Å²) in [7, 11) is 0. The number of rotatable bonds is 7. The van der Waals surface area contributed by atoms with Crippen molar-refractivity contribution in [3.05, 3.63) is 372 Å². The quantitative estimate of drug-likeness (QED) is 0.142. The van der Waals surface area contributed by atoms with Gasteiger partial charge in [-0.15, -0.1) is 56.7 Å². The first kappa shape index (κ1) is 76.2. The van der Waals surface area contributed by atoms with E-state index in [9.17, 15) is 0 Å². The standard InChI is InChI=1S/2C22H13ClN2S.2C20H11ClN2S.C16H9ClN2S/c23-22-24-19(21-20(25-22)17-11-4-5-12-18(17)26-21)16-10-6-9-15(13-16)14-7-2-1-3-8-14;23-22-24-19(21-20(25-22)17-8-4-5-9-18(17)26-21)16-12-10-15(11-13-16)14-6-2-1-3-7-14;21-20-22-17(14-10-5-7-12-6-1-2-8-13(12)14)19-18(23-20)15-9-3-4-11-16(15)24-19;21-20-22-17(14-10-9-12-5-1-2-6-13(12)11-14)19-18(23-20)15-7-3-4-8-16(15)24-19;17-16-18-13(10-6-2-1-3-7-10)15-14(19-16)11-8-4-5-9-12(11)20-15/h2*1-13H;2*1-11H;1-9H. The molecule has 0 unspecified atom stereocenters. The van der Waals surface area contributed by atoms with Crippen LogP contribution in [0.5, 0.6) is 0 Å². The zero-order chi connectivity index (χ0) is 80.7. The smallest absolute Gasteiger partial charge is 0.216 e. The molecule has 10 aromatic heterocycles. The number of nitrogens with zero attached hydrogens (tertiary/aromatic N) is 10. The van der Waals surface area contributed by atoms with E-state index in [-0.39, 0.29) is 21.1 Å². The number of halogens is 5. The van der Waals surface area contributed by atoms with Crippen LogP contribution in [0, 0.1) is 0 Å². The first-order valence-electron chi connectivity index (χ1n) is 38.1. The molecule has 14 aromatic carbocycles. The summed E-state index contributed by atoms with van der Waals surface area (Å²) in [4.78, 5) is 45.0. The highest BCUT2D eigenvalue weighted by atomic mass is 35.5. The first-order chi connectivity index (χ1) is 59.0. The Labute approximate surface area is 731 Å². The lowest BCUT2D eigenvalue weighted by atomic mass is 10.0. The molecule has 0 aliphatic heterocycles. The van der Waals surface area contributed by atoms with Crippen molar-refractivity contribution in [1.29, 1.82) is 0 Å². The number of benzene rings is 14. The third-order valence-corrected chi connectivity index (χ3v) is 27.3. The topological polar surface area (TPSA) is 129 Å². The van der Waals surface area contributed by atoms with Gasteiger partial charge in [-0.25, -0.2) is 49.8 Å². The van der Waals surface area contributed by atoms with Crippen LogP contribution in [0.1, 0.15) is 0 Å². The number of aromatic nitrogens is 10. The van der Waals surface area contributed by atoms with Gasteiger partial charge in [0.1, 0.15) is 0 Å². The lowest BCUT2D eigenvalue weighted by Gasteiger charge is -2.07. The summed E-state index contributed by atoms with van der Waals surface area (Å²) in [6.07, 6.45) is 0. The summed E-state index contributed by atoms with van der Waals surface area (Å²) in [6.45, 7) is 0. The zero-order valence-electron chi connectivity index (χ0n) is 62.8. The lowest BCUT2D eigenvalue weighted by molar-refractivity contribution is 1.23. The zero-order valence-corrected chi connectivity index (χ0v) is 70.7. The highest BCUT2D eigenvalue weighted by Gasteiger charge is 2.22. The fraction of sp³-hybridized carbons (Fsp3) is 0. The molecule has 120 heavy (non-hydrogen) atoms. The van der Waals surface area contributed by atoms with Crippen LogP contribution in [0.2, 0.25) is 26.4 Å². The largest absolute Gasteiger partial charge is 0.223 e. The summed E-state index contributed by atoms with van der Waals surface area (Å²) in [5, 5.41) is 11.8. The molecule has 0 bridgehead atoms. The van der Waals surface area contributed by atoms with Crippen LogP contribution in [-0.4, -0.2) is 49.8 Å². The Morgan fingerprint density at radius 1 is 0.167 bits per heavy atom. The Kier molecular flexibility index (Phi) is 21.2. The van der Waals surface area contributed by atoms with Crippen LogP contribution >= 0.6 is 115 Å². The van der Waals surface area contributed by atoms with Gasteiger partial charge in [-0.2, -0.15) is 0 Å². The monoisotopic (exact) mass is 1730 g/mol. The maximum atomic E-state index is 6.27. The molecule has 0 aliphatic rings. The summed E-state index contributed by atoms with van der Waals surface area (Å²) in [6, 6.07) is 118. The fourth-order valence-electron chi connectivity index (χ4n) is 15.1. The van der Waals surface area contributed by atoms with Gasteiger partial charge in [0.25, 0.3) is 0 Å². The Morgan fingerprint density at radius 2 is 0.425 bits per heavy atom. The van der Waals surface area contributed by atoms with Crippen LogP contribution in [0.4, 0.5) is 0 Å². The molecule has 0 saturated heterocycles. The minimum Gasteiger partial charge on any atom is -0.216 e. The molecule has 0 N–H and O–H groups in total. The van der Waals surface area contributed by atoms with Gasteiger partial charge in [-0.05, 0) is 144 Å². The Morgan fingerprint density at radius 3 is 0.850 bits per heavy atom. The van der Waals surface area contributed by atoms with Gasteiger partial charge in [0.2, 0.25) is 26.4 Å². The number of fused-ring (bicyclic) bond motifs is 17. The minimum absolute atomic E-state index is 0.279. The highest BCUT2D eigenvalue weighted by Crippen LogP contribution is 2.46. The van der Waals surface area contributed by atoms with E-state index in [2.05, 4.69) is 250 Å². The van der Waals surface area contributed by atoms with Crippen molar-refractivity contribution in [3.8, 4) is 78.5 Å². The van der Waals surface area contributed by atoms with Crippen molar-refractivity contribution in [2.24, 2.45) is 0 Å². The van der Waals surface area contributed by atoms with E-state index in [1.54, 1.807) is 56.7 Å². The molecule has 24 rings (SSSR count). The second kappa shape index (κ2) is 33.4. The number of hydrogen-bond acceptors (Lipinski definition) is 15. The fourth-order valence-corrected chi connectivity index (χ4v) is 21.7. The molecule has 24 aromatic rings. The Hall–Kier alpha value is -12.5. The first-order valence-corrected chi connectivity index (χ1v) is 44.1. The Balaban J connectivity index is 0.0000000961. The summed E-state index contributed by atoms with van der Waals surface area (Å²) < 4.78 is 11.4. The molecule has 0 radical (unpaired) electrons. The molecule has 0 saturated carbocycles. The SMILES string of the molecule is Clc1nc(-c2ccc(-c3ccccc3)cc2)c2sc3ccccc3c2n1.Clc1nc(-c2ccc3ccccc3c2)c2sc3ccccc3c2n1.Clc1nc(-c2cccc(-c3ccccc3)c2)c2sc3ccccc3c2n1.Clc1nc(-c2cccc3ccccc23)c2sc3ccccc3c2n1.Clc1nc(-c2ccccc2)c2sc3ccccc3c2n1. The predicted molar refractivity (Wildman–Crippen MR) is 513 cm³/mol. The van der Waals surface area contributed by atoms with E-state index in [0.29, 0.717) is 5.28 Å². The van der Waals surface area contributed by atoms with E-state index < -0.39 is 0 Å². The van der Waals surface area contributed by atoms with E-state index in [1.165, 1.54) is 61.7 Å². The van der Waals surface area contributed by atoms with Gasteiger partial charge >= 0.3 is 0 Å². The van der Waals surface area contributed by atoms with Crippen LogP contribution in [0.25, 0.3) is 202 Å². The average molecular weight is 1740 g/mol. The molecule has 0 atom stereocenters. The van der Waals surface area contributed by atoms with Crippen LogP contribution in [0.15, 0.2) is 346 Å². The van der Waals surface area contributed by atoms with E-state index in [0.717, 1.165) is 140 Å². The van der Waals surface area contributed by atoms with E-state index in [1.807, 2.05) is 146 Å². The predicted octanol–water partition coefficient (Wildman–Crippen LogP) is 31.5. The molecule has 0 fully saturated rings. The van der Waals surface area contributed by atoms with Crippen molar-refractivity contribution in [2.45, 2.75) is 0 Å². The maximum absolute atomic E-state index is 6.27. The van der Waals surface area contributed by atoms with Crippen LogP contribution in [-0.2, 0) is 0 Å². The second-order valence-electron chi connectivity index (χ2n) is 27.9. The average Bonchev–Trinajstić information content (AvgIpc) is 1.61. The molecule has 0 spiro atoms. The molecular formula is C100H57Cl5N10S5. The van der Waals surface area contributed by atoms with E-state index >= 15 is 0 Å². The normalized spacial score (nSPS) is 11.4. The van der Waals surface area contributed by atoms with E-state index in [4.69, 9.17) is 58.0 Å². The van der Waals surface area contributed by atoms with Gasteiger partial charge in [0.05, 0.1) is 79.6 Å². The van der Waals surface area contributed by atoms with Crippen molar-refractivity contribution in [2.75, 3.05) is 0 Å². The van der Waals surface area contributed by atoms with Crippen LogP contribution in [0.3, 0.4) is 0 Å². The van der Waals surface area contributed by atoms with Gasteiger partial charge in [0.15, 0.2) is 0 Å². The van der Waals surface area contributed by atoms with Crippen LogP contribution < -0.4 is 0 Å². The van der Waals surface area contributed by atoms with Gasteiger partial charge in [0, 0.05) is 78.2 Å². The minimum atomic E-state index is 0.279. The molecule has 10 heterocycles. The van der Waals surface area contributed by atoms with Gasteiger partial charge < -0.3 is 0 Å². The third kappa shape index (κ3) is 15.2. The number of hydrogen-bond donors (Lipinski definition) is 0. The maximum Gasteiger partial charge on any atom is 0.223 e. The third-order valence-electron chi connectivity index (χ3n) is 20.6. The molecule has 0 aliphatic carbocycles. The second-order valence-corrected chi connectivity index (χ2v) is 34.9. The molecular weight excluding hydrogens is 1680 g/mol. The van der Waals surface area contributed by atoms with Crippen molar-refractivity contribution < 1.29 is 0 Å².